The largest absolute Gasteiger partial charge is 0.416 e. The van der Waals surface area contributed by atoms with Crippen molar-refractivity contribution < 1.29 is 13.2 Å². The second-order valence-corrected chi connectivity index (χ2v) is 4.48. The zero-order valence-electron chi connectivity index (χ0n) is 9.30. The first-order chi connectivity index (χ1) is 8.86. The van der Waals surface area contributed by atoms with E-state index >= 15 is 0 Å². The number of hydrogen-bond donors (Lipinski definition) is 1. The lowest BCUT2D eigenvalue weighted by Crippen LogP contribution is -2.05. The molecule has 0 unspecified atom stereocenters. The van der Waals surface area contributed by atoms with Crippen molar-refractivity contribution in [1.82, 2.24) is 4.98 Å². The van der Waals surface area contributed by atoms with Crippen molar-refractivity contribution >= 4 is 34.6 Å². The summed E-state index contributed by atoms with van der Waals surface area (Å²) in [7, 11) is 0. The van der Waals surface area contributed by atoms with Crippen LogP contribution in [0.15, 0.2) is 36.5 Å². The van der Waals surface area contributed by atoms with Crippen LogP contribution in [0.2, 0.25) is 10.2 Å². The highest BCUT2D eigenvalue weighted by Gasteiger charge is 2.30. The third-order valence-corrected chi connectivity index (χ3v) is 2.84. The van der Waals surface area contributed by atoms with Gasteiger partial charge in [-0.3, -0.25) is 0 Å². The van der Waals surface area contributed by atoms with E-state index in [0.29, 0.717) is 5.69 Å². The number of nitrogens with zero attached hydrogens (tertiary/aromatic N) is 1. The van der Waals surface area contributed by atoms with Crippen molar-refractivity contribution in [3.63, 3.8) is 0 Å². The first-order valence-electron chi connectivity index (χ1n) is 5.11. The summed E-state index contributed by atoms with van der Waals surface area (Å²) in [6, 6.07) is 6.11. The molecule has 1 heterocycles. The average Bonchev–Trinajstić information content (AvgIpc) is 2.30. The quantitative estimate of drug-likeness (QED) is 0.776. The Hall–Kier alpha value is -1.46. The maximum Gasteiger partial charge on any atom is 0.416 e. The molecule has 1 aromatic heterocycles. The van der Waals surface area contributed by atoms with Crippen LogP contribution in [0.25, 0.3) is 0 Å². The van der Waals surface area contributed by atoms with Gasteiger partial charge in [0.1, 0.15) is 5.15 Å². The van der Waals surface area contributed by atoms with Crippen LogP contribution in [0.4, 0.5) is 24.5 Å². The van der Waals surface area contributed by atoms with Gasteiger partial charge < -0.3 is 5.32 Å². The van der Waals surface area contributed by atoms with Gasteiger partial charge >= 0.3 is 6.18 Å². The number of benzene rings is 1. The molecule has 100 valence electrons. The van der Waals surface area contributed by atoms with Gasteiger partial charge in [0.2, 0.25) is 0 Å². The zero-order chi connectivity index (χ0) is 14.0. The summed E-state index contributed by atoms with van der Waals surface area (Å²) in [4.78, 5) is 3.77. The first kappa shape index (κ1) is 14.0. The molecule has 0 saturated carbocycles. The minimum Gasteiger partial charge on any atom is -0.354 e. The molecular formula is C12H7Cl2F3N2. The number of nitrogens with one attached hydrogen (secondary N) is 1. The summed E-state index contributed by atoms with van der Waals surface area (Å²) in [6.45, 7) is 0. The number of aromatic nitrogens is 1. The summed E-state index contributed by atoms with van der Waals surface area (Å²) < 4.78 is 37.8. The topological polar surface area (TPSA) is 24.9 Å². The molecule has 0 bridgehead atoms. The van der Waals surface area contributed by atoms with Gasteiger partial charge in [-0.2, -0.15) is 13.2 Å². The van der Waals surface area contributed by atoms with Crippen LogP contribution in [-0.2, 0) is 6.18 Å². The van der Waals surface area contributed by atoms with Crippen LogP contribution < -0.4 is 5.32 Å². The standard InChI is InChI=1S/C12H7Cl2F3N2/c13-9-2-1-7(12(15,16)17)5-10(9)19-8-3-4-18-11(14)6-8/h1-6H,(H,18,19). The number of rotatable bonds is 2. The van der Waals surface area contributed by atoms with Gasteiger partial charge in [0.05, 0.1) is 16.3 Å². The van der Waals surface area contributed by atoms with E-state index in [0.717, 1.165) is 12.1 Å². The molecule has 1 N–H and O–H groups in total. The molecule has 0 radical (unpaired) electrons. The fraction of sp³-hybridized carbons (Fsp3) is 0.0833. The summed E-state index contributed by atoms with van der Waals surface area (Å²) in [5, 5.41) is 3.18. The van der Waals surface area contributed by atoms with Crippen molar-refractivity contribution in [2.75, 3.05) is 5.32 Å². The third kappa shape index (κ3) is 3.52. The van der Waals surface area contributed by atoms with Crippen LogP contribution in [0.5, 0.6) is 0 Å². The van der Waals surface area contributed by atoms with Crippen molar-refractivity contribution in [1.29, 1.82) is 0 Å². The SMILES string of the molecule is FC(F)(F)c1ccc(Cl)c(Nc2ccnc(Cl)c2)c1. The molecular weight excluding hydrogens is 300 g/mol. The van der Waals surface area contributed by atoms with Gasteiger partial charge in [0, 0.05) is 11.9 Å². The molecule has 0 aliphatic rings. The van der Waals surface area contributed by atoms with Gasteiger partial charge in [0.15, 0.2) is 0 Å². The molecule has 0 aliphatic heterocycles. The smallest absolute Gasteiger partial charge is 0.354 e. The monoisotopic (exact) mass is 306 g/mol. The van der Waals surface area contributed by atoms with E-state index in [4.69, 9.17) is 23.2 Å². The van der Waals surface area contributed by atoms with E-state index in [-0.39, 0.29) is 15.9 Å². The molecule has 2 rings (SSSR count). The molecule has 19 heavy (non-hydrogen) atoms. The Morgan fingerprint density at radius 1 is 1.05 bits per heavy atom. The van der Waals surface area contributed by atoms with E-state index < -0.39 is 11.7 Å². The first-order valence-corrected chi connectivity index (χ1v) is 5.87. The van der Waals surface area contributed by atoms with E-state index in [1.807, 2.05) is 0 Å². The Balaban J connectivity index is 2.34. The second kappa shape index (κ2) is 5.27. The number of halogens is 5. The number of pyridine rings is 1. The van der Waals surface area contributed by atoms with Gasteiger partial charge in [-0.15, -0.1) is 0 Å². The normalized spacial score (nSPS) is 11.4. The average molecular weight is 307 g/mol. The summed E-state index contributed by atoms with van der Waals surface area (Å²) >= 11 is 11.5. The minimum atomic E-state index is -4.42. The lowest BCUT2D eigenvalue weighted by Gasteiger charge is -2.12. The number of hydrogen-bond acceptors (Lipinski definition) is 2. The van der Waals surface area contributed by atoms with E-state index in [9.17, 15) is 13.2 Å². The maximum absolute atomic E-state index is 12.6. The Kier molecular flexibility index (Phi) is 3.87. The molecule has 0 fully saturated rings. The Morgan fingerprint density at radius 3 is 2.42 bits per heavy atom. The van der Waals surface area contributed by atoms with Crippen LogP contribution in [0, 0.1) is 0 Å². The van der Waals surface area contributed by atoms with E-state index in [1.165, 1.54) is 18.3 Å². The number of alkyl halides is 3. The van der Waals surface area contributed by atoms with Gasteiger partial charge in [-0.05, 0) is 30.3 Å². The van der Waals surface area contributed by atoms with Crippen LogP contribution in [-0.4, -0.2) is 4.98 Å². The maximum atomic E-state index is 12.6. The van der Waals surface area contributed by atoms with Crippen LogP contribution >= 0.6 is 23.2 Å². The highest BCUT2D eigenvalue weighted by Crippen LogP contribution is 2.35. The molecule has 0 atom stereocenters. The summed E-state index contributed by atoms with van der Waals surface area (Å²) in [5.41, 5.74) is -0.125. The van der Waals surface area contributed by atoms with E-state index in [1.54, 1.807) is 6.07 Å². The highest BCUT2D eigenvalue weighted by molar-refractivity contribution is 6.33. The third-order valence-electron chi connectivity index (χ3n) is 2.30. The van der Waals surface area contributed by atoms with Crippen LogP contribution in [0.1, 0.15) is 5.56 Å². The molecule has 0 spiro atoms. The predicted octanol–water partition coefficient (Wildman–Crippen LogP) is 5.15. The molecule has 7 heteroatoms. The number of anilines is 2. The van der Waals surface area contributed by atoms with Gasteiger partial charge in [-0.1, -0.05) is 23.2 Å². The van der Waals surface area contributed by atoms with Crippen molar-refractivity contribution in [2.45, 2.75) is 6.18 Å². The lowest BCUT2D eigenvalue weighted by atomic mass is 10.2. The van der Waals surface area contributed by atoms with Gasteiger partial charge in [-0.25, -0.2) is 4.98 Å². The Labute approximate surface area is 117 Å². The zero-order valence-corrected chi connectivity index (χ0v) is 10.8. The summed E-state index contributed by atoms with van der Waals surface area (Å²) in [5.74, 6) is 0. The molecule has 2 aromatic rings. The molecule has 2 nitrogen and oxygen atoms in total. The van der Waals surface area contributed by atoms with Gasteiger partial charge in [0.25, 0.3) is 0 Å². The van der Waals surface area contributed by atoms with E-state index in [2.05, 4.69) is 10.3 Å². The fourth-order valence-corrected chi connectivity index (χ4v) is 1.77. The Bertz CT molecular complexity index is 600. The minimum absolute atomic E-state index is 0.152. The van der Waals surface area contributed by atoms with Crippen molar-refractivity contribution in [3.8, 4) is 0 Å². The highest BCUT2D eigenvalue weighted by atomic mass is 35.5. The molecule has 0 saturated heterocycles. The van der Waals surface area contributed by atoms with Crippen molar-refractivity contribution in [2.24, 2.45) is 0 Å². The summed E-state index contributed by atoms with van der Waals surface area (Å²) in [6.07, 6.45) is -2.98. The lowest BCUT2D eigenvalue weighted by molar-refractivity contribution is -0.137. The second-order valence-electron chi connectivity index (χ2n) is 3.68. The Morgan fingerprint density at radius 2 is 1.79 bits per heavy atom. The molecule has 0 amide bonds. The predicted molar refractivity (Wildman–Crippen MR) is 69.0 cm³/mol. The van der Waals surface area contributed by atoms with Crippen molar-refractivity contribution in [3.05, 3.63) is 52.3 Å². The molecule has 1 aromatic carbocycles. The van der Waals surface area contributed by atoms with Crippen LogP contribution in [0.3, 0.4) is 0 Å². The fourth-order valence-electron chi connectivity index (χ4n) is 1.43. The molecule has 0 aliphatic carbocycles.